The molecule has 2 bridgehead atoms. The van der Waals surface area contributed by atoms with E-state index in [1.807, 2.05) is 103 Å². The molecule has 44 heavy (non-hydrogen) atoms. The van der Waals surface area contributed by atoms with Crippen LogP contribution in [0, 0.1) is 11.8 Å². The van der Waals surface area contributed by atoms with E-state index in [2.05, 4.69) is 17.6 Å². The number of aliphatic hydroxyl groups excluding tert-OH is 1. The number of para-hydroxylation sites is 1. The molecule has 2 unspecified atom stereocenters. The second-order valence-electron chi connectivity index (χ2n) is 12.4. The molecule has 3 N–H and O–H groups in total. The number of rotatable bonds is 8. The van der Waals surface area contributed by atoms with Crippen LogP contribution in [0.2, 0.25) is 0 Å². The number of anilines is 2. The number of likely N-dealkylation sites (tertiary alicyclic amines) is 1. The van der Waals surface area contributed by atoms with Crippen LogP contribution in [0.3, 0.4) is 0 Å². The van der Waals surface area contributed by atoms with E-state index in [1.54, 1.807) is 16.7 Å². The fourth-order valence-electron chi connectivity index (χ4n) is 7.81. The van der Waals surface area contributed by atoms with E-state index in [-0.39, 0.29) is 24.3 Å². The number of amides is 3. The first-order valence-corrected chi connectivity index (χ1v) is 16.0. The molecular formula is C36H35N3O4S. The molecule has 4 aromatic rings. The van der Waals surface area contributed by atoms with Gasteiger partial charge in [-0.05, 0) is 66.8 Å². The van der Waals surface area contributed by atoms with Gasteiger partial charge in [0.2, 0.25) is 17.7 Å². The van der Waals surface area contributed by atoms with E-state index in [1.165, 1.54) is 0 Å². The highest BCUT2D eigenvalue weighted by Gasteiger charge is 2.77. The van der Waals surface area contributed by atoms with Gasteiger partial charge in [-0.3, -0.25) is 14.4 Å². The highest BCUT2D eigenvalue weighted by Crippen LogP contribution is 2.71. The molecular weight excluding hydrogens is 570 g/mol. The van der Waals surface area contributed by atoms with Crippen molar-refractivity contribution in [1.82, 2.24) is 4.90 Å². The number of hydrogen-bond donors (Lipinski definition) is 3. The number of thioether (sulfide) groups is 1. The van der Waals surface area contributed by atoms with Gasteiger partial charge in [-0.2, -0.15) is 0 Å². The van der Waals surface area contributed by atoms with Gasteiger partial charge in [-0.1, -0.05) is 78.9 Å². The van der Waals surface area contributed by atoms with E-state index in [9.17, 15) is 19.5 Å². The molecule has 3 heterocycles. The lowest BCUT2D eigenvalue weighted by atomic mass is 9.66. The fourth-order valence-corrected chi connectivity index (χ4v) is 10.2. The van der Waals surface area contributed by atoms with Gasteiger partial charge in [0.25, 0.3) is 0 Å². The van der Waals surface area contributed by atoms with Gasteiger partial charge < -0.3 is 20.6 Å². The average Bonchev–Trinajstić information content (AvgIpc) is 3.61. The summed E-state index contributed by atoms with van der Waals surface area (Å²) in [5.74, 6) is -2.03. The molecule has 3 aliphatic rings. The number of carbonyl (C=O) groups excluding carboxylic acids is 3. The average molecular weight is 606 g/mol. The summed E-state index contributed by atoms with van der Waals surface area (Å²) >= 11 is 1.62. The molecule has 7 nitrogen and oxygen atoms in total. The Morgan fingerprint density at radius 2 is 1.52 bits per heavy atom. The molecule has 0 aliphatic carbocycles. The molecule has 8 heteroatoms. The summed E-state index contributed by atoms with van der Waals surface area (Å²) < 4.78 is -1.30. The number of nitrogens with zero attached hydrogens (tertiary/aromatic N) is 1. The zero-order valence-corrected chi connectivity index (χ0v) is 25.3. The predicted molar refractivity (Wildman–Crippen MR) is 174 cm³/mol. The molecule has 7 rings (SSSR count). The van der Waals surface area contributed by atoms with Crippen molar-refractivity contribution < 1.29 is 19.5 Å². The lowest BCUT2D eigenvalue weighted by Gasteiger charge is -2.37. The summed E-state index contributed by atoms with van der Waals surface area (Å²) in [4.78, 5) is 44.7. The summed E-state index contributed by atoms with van der Waals surface area (Å²) in [5, 5.41) is 19.0. The van der Waals surface area contributed by atoms with E-state index in [0.717, 1.165) is 16.3 Å². The van der Waals surface area contributed by atoms with Crippen LogP contribution in [-0.2, 0) is 20.8 Å². The minimum absolute atomic E-state index is 0.203. The second kappa shape index (κ2) is 11.1. The van der Waals surface area contributed by atoms with Crippen LogP contribution in [0.4, 0.5) is 11.4 Å². The smallest absolute Gasteiger partial charge is 0.248 e. The van der Waals surface area contributed by atoms with E-state index < -0.39 is 33.4 Å². The number of carbonyl (C=O) groups is 3. The normalized spacial score (nSPS) is 27.7. The zero-order chi connectivity index (χ0) is 30.5. The van der Waals surface area contributed by atoms with Gasteiger partial charge in [-0.15, -0.1) is 11.8 Å². The first-order chi connectivity index (χ1) is 21.3. The Morgan fingerprint density at radius 3 is 2.25 bits per heavy atom. The van der Waals surface area contributed by atoms with Crippen molar-refractivity contribution >= 4 is 51.6 Å². The molecule has 3 fully saturated rings. The Labute approximate surface area is 261 Å². The van der Waals surface area contributed by atoms with E-state index in [4.69, 9.17) is 0 Å². The van der Waals surface area contributed by atoms with Crippen LogP contribution in [0.15, 0.2) is 103 Å². The van der Waals surface area contributed by atoms with E-state index >= 15 is 0 Å². The molecule has 224 valence electrons. The molecule has 0 aromatic heterocycles. The third-order valence-corrected chi connectivity index (χ3v) is 11.7. The lowest BCUT2D eigenvalue weighted by molar-refractivity contribution is -0.141. The summed E-state index contributed by atoms with van der Waals surface area (Å²) in [6.07, 6.45) is 1.74. The minimum atomic E-state index is -0.853. The Kier molecular flexibility index (Phi) is 7.22. The van der Waals surface area contributed by atoms with Crippen molar-refractivity contribution in [3.8, 4) is 0 Å². The summed E-state index contributed by atoms with van der Waals surface area (Å²) in [6, 6.07) is 31.2. The summed E-state index contributed by atoms with van der Waals surface area (Å²) in [5.41, 5.74) is 2.28. The number of nitrogens with one attached hydrogen (secondary N) is 2. The highest BCUT2D eigenvalue weighted by atomic mass is 32.2. The van der Waals surface area contributed by atoms with Crippen LogP contribution < -0.4 is 10.6 Å². The van der Waals surface area contributed by atoms with Crippen LogP contribution in [0.1, 0.15) is 25.3 Å². The van der Waals surface area contributed by atoms with Crippen molar-refractivity contribution in [2.75, 3.05) is 17.2 Å². The van der Waals surface area contributed by atoms with Crippen LogP contribution in [-0.4, -0.2) is 55.9 Å². The Hall–Kier alpha value is -4.14. The first kappa shape index (κ1) is 28.6. The molecule has 0 saturated carbocycles. The van der Waals surface area contributed by atoms with Crippen molar-refractivity contribution in [3.63, 3.8) is 0 Å². The monoisotopic (exact) mass is 605 g/mol. The van der Waals surface area contributed by atoms with Gasteiger partial charge in [-0.25, -0.2) is 0 Å². The topological polar surface area (TPSA) is 98.7 Å². The third-order valence-electron chi connectivity index (χ3n) is 9.72. The largest absolute Gasteiger partial charge is 0.394 e. The van der Waals surface area contributed by atoms with Crippen LogP contribution >= 0.6 is 11.8 Å². The third kappa shape index (κ3) is 4.68. The maximum Gasteiger partial charge on any atom is 0.248 e. The molecule has 3 aliphatic heterocycles. The number of benzene rings is 4. The maximum absolute atomic E-state index is 14.7. The Bertz CT molecular complexity index is 1730. The molecule has 4 aromatic carbocycles. The van der Waals surface area contributed by atoms with Gasteiger partial charge in [0, 0.05) is 16.1 Å². The summed E-state index contributed by atoms with van der Waals surface area (Å²) in [6.45, 7) is 1.76. The predicted octanol–water partition coefficient (Wildman–Crippen LogP) is 5.50. The first-order valence-electron chi connectivity index (χ1n) is 15.2. The minimum Gasteiger partial charge on any atom is -0.394 e. The van der Waals surface area contributed by atoms with Gasteiger partial charge in [0.1, 0.15) is 6.04 Å². The van der Waals surface area contributed by atoms with Crippen LogP contribution in [0.25, 0.3) is 10.8 Å². The lowest BCUT2D eigenvalue weighted by Crippen LogP contribution is -2.55. The number of hydrogen-bond acceptors (Lipinski definition) is 5. The quantitative estimate of drug-likeness (QED) is 0.246. The van der Waals surface area contributed by atoms with Crippen molar-refractivity contribution in [3.05, 3.63) is 109 Å². The van der Waals surface area contributed by atoms with Crippen LogP contribution in [0.5, 0.6) is 0 Å². The van der Waals surface area contributed by atoms with Crippen molar-refractivity contribution in [2.45, 2.75) is 47.8 Å². The standard InChI is InChI=1S/C36H35N3O4S/c1-35-18-19-36(44-35)30(29(35)32(41)37-26-14-6-3-7-15-26)34(43)39(28(22-40)20-23-10-4-2-5-11-23)31(36)33(42)38-27-17-16-24-12-8-9-13-25(24)21-27/h2-17,21,28-31,40H,18-20,22H2,1H3,(H,37,41)(H,38,42)/t28-,29-,30+,31?,35+,36?/m1/s1. The van der Waals surface area contributed by atoms with Crippen molar-refractivity contribution in [1.29, 1.82) is 0 Å². The zero-order valence-electron chi connectivity index (χ0n) is 24.5. The number of fused-ring (bicyclic) bond motifs is 2. The SMILES string of the molecule is C[C@@]12CCC3(S1)C(C(=O)Nc1ccc4ccccc4c1)N([C@@H](CO)Cc1ccccc1)C(=O)[C@@H]3[C@@H]2C(=O)Nc1ccccc1. The second-order valence-corrected chi connectivity index (χ2v) is 14.3. The van der Waals surface area contributed by atoms with E-state index in [0.29, 0.717) is 30.6 Å². The maximum atomic E-state index is 14.7. The molecule has 1 spiro atoms. The van der Waals surface area contributed by atoms with Gasteiger partial charge in [0.05, 0.1) is 29.2 Å². The molecule has 3 saturated heterocycles. The van der Waals surface area contributed by atoms with Gasteiger partial charge >= 0.3 is 0 Å². The Morgan fingerprint density at radius 1 is 0.864 bits per heavy atom. The fraction of sp³-hybridized carbons (Fsp3) is 0.306. The number of aliphatic hydroxyl groups is 1. The van der Waals surface area contributed by atoms with Gasteiger partial charge in [0.15, 0.2) is 0 Å². The summed E-state index contributed by atoms with van der Waals surface area (Å²) in [7, 11) is 0. The van der Waals surface area contributed by atoms with Crippen molar-refractivity contribution in [2.24, 2.45) is 11.8 Å². The molecule has 6 atom stereocenters. The highest BCUT2D eigenvalue weighted by molar-refractivity contribution is 8.02. The molecule has 3 amide bonds. The Balaban J connectivity index is 1.27. The molecule has 0 radical (unpaired) electrons.